The summed E-state index contributed by atoms with van der Waals surface area (Å²) in [5.74, 6) is 1.15. The van der Waals surface area contributed by atoms with Gasteiger partial charge in [-0.3, -0.25) is 0 Å². The Morgan fingerprint density at radius 3 is 2.74 bits per heavy atom. The minimum absolute atomic E-state index is 0.292. The molecule has 1 heterocycles. The van der Waals surface area contributed by atoms with Crippen LogP contribution in [0.2, 0.25) is 0 Å². The third kappa shape index (κ3) is 3.22. The second kappa shape index (κ2) is 6.72. The average Bonchev–Trinajstić information content (AvgIpc) is 3.47. The zero-order valence-electron chi connectivity index (χ0n) is 15.2. The molecule has 3 aromatic rings. The highest BCUT2D eigenvalue weighted by Crippen LogP contribution is 2.43. The van der Waals surface area contributed by atoms with Gasteiger partial charge in [0.1, 0.15) is 12.4 Å². The Bertz CT molecular complexity index is 1100. The van der Waals surface area contributed by atoms with E-state index in [1.165, 1.54) is 14.9 Å². The van der Waals surface area contributed by atoms with Gasteiger partial charge in [0.15, 0.2) is 0 Å². The summed E-state index contributed by atoms with van der Waals surface area (Å²) in [5.41, 5.74) is 4.01. The van der Waals surface area contributed by atoms with Crippen molar-refractivity contribution in [1.82, 2.24) is 19.8 Å². The second-order valence-corrected chi connectivity index (χ2v) is 6.80. The van der Waals surface area contributed by atoms with E-state index in [0.717, 1.165) is 24.0 Å². The van der Waals surface area contributed by atoms with Crippen LogP contribution in [0.4, 0.5) is 0 Å². The minimum Gasteiger partial charge on any atom is -0.488 e. The van der Waals surface area contributed by atoms with Crippen LogP contribution in [0.3, 0.4) is 0 Å². The molecule has 7 heteroatoms. The number of tetrazole rings is 1. The molecule has 1 aliphatic rings. The second-order valence-electron chi connectivity index (χ2n) is 6.80. The molecule has 2 aromatic carbocycles. The fourth-order valence-corrected chi connectivity index (χ4v) is 3.16. The first-order valence-corrected chi connectivity index (χ1v) is 8.83. The van der Waals surface area contributed by atoms with E-state index in [-0.39, 0.29) is 5.69 Å². The fraction of sp³-hybridized carbons (Fsp3) is 0.300. The summed E-state index contributed by atoms with van der Waals surface area (Å²) in [7, 11) is 1.57. The van der Waals surface area contributed by atoms with E-state index in [1.54, 1.807) is 19.2 Å². The van der Waals surface area contributed by atoms with Gasteiger partial charge in [-0.25, -0.2) is 4.79 Å². The molecular weight excluding hydrogens is 342 g/mol. The number of hydrogen-bond donors (Lipinski definition) is 0. The third-order valence-electron chi connectivity index (χ3n) is 4.84. The quantitative estimate of drug-likeness (QED) is 0.697. The van der Waals surface area contributed by atoms with Gasteiger partial charge in [0.05, 0.1) is 17.3 Å². The van der Waals surface area contributed by atoms with Crippen LogP contribution in [0.1, 0.15) is 41.0 Å². The molecule has 1 fully saturated rings. The first-order valence-electron chi connectivity index (χ1n) is 8.83. The van der Waals surface area contributed by atoms with Crippen LogP contribution in [0.25, 0.3) is 5.69 Å². The molecule has 0 unspecified atom stereocenters. The fourth-order valence-electron chi connectivity index (χ4n) is 3.16. The van der Waals surface area contributed by atoms with Gasteiger partial charge in [-0.05, 0) is 65.4 Å². The topological polar surface area (TPSA) is 85.7 Å². The van der Waals surface area contributed by atoms with Crippen molar-refractivity contribution in [2.45, 2.75) is 32.3 Å². The lowest BCUT2D eigenvalue weighted by molar-refractivity contribution is 0.302. The van der Waals surface area contributed by atoms with Crippen LogP contribution in [-0.2, 0) is 13.7 Å². The highest BCUT2D eigenvalue weighted by Gasteiger charge is 2.28. The Labute approximate surface area is 156 Å². The normalized spacial score (nSPS) is 13.4. The molecule has 27 heavy (non-hydrogen) atoms. The van der Waals surface area contributed by atoms with E-state index in [0.29, 0.717) is 29.5 Å². The molecule has 0 aliphatic heterocycles. The Hall–Kier alpha value is -3.40. The highest BCUT2D eigenvalue weighted by molar-refractivity contribution is 5.48. The van der Waals surface area contributed by atoms with Crippen LogP contribution in [0.15, 0.2) is 41.2 Å². The predicted molar refractivity (Wildman–Crippen MR) is 98.8 cm³/mol. The zero-order chi connectivity index (χ0) is 19.0. The summed E-state index contributed by atoms with van der Waals surface area (Å²) in [6.45, 7) is 2.23. The number of nitrogens with zero attached hydrogens (tertiary/aromatic N) is 5. The number of benzene rings is 2. The lowest BCUT2D eigenvalue weighted by atomic mass is 10.0. The van der Waals surface area contributed by atoms with E-state index in [1.807, 2.05) is 25.1 Å². The molecule has 0 amide bonds. The van der Waals surface area contributed by atoms with Gasteiger partial charge in [0.2, 0.25) is 0 Å². The van der Waals surface area contributed by atoms with Gasteiger partial charge in [-0.1, -0.05) is 18.2 Å². The highest BCUT2D eigenvalue weighted by atomic mass is 16.5. The maximum Gasteiger partial charge on any atom is 0.368 e. The molecule has 1 aromatic heterocycles. The van der Waals surface area contributed by atoms with Crippen LogP contribution >= 0.6 is 0 Å². The van der Waals surface area contributed by atoms with Crippen LogP contribution < -0.4 is 10.4 Å². The Kier molecular flexibility index (Phi) is 4.24. The molecule has 0 atom stereocenters. The van der Waals surface area contributed by atoms with E-state index in [4.69, 9.17) is 10.00 Å². The van der Waals surface area contributed by atoms with Crippen molar-refractivity contribution in [1.29, 1.82) is 5.26 Å². The van der Waals surface area contributed by atoms with Gasteiger partial charge in [0, 0.05) is 12.6 Å². The minimum atomic E-state index is -0.299. The largest absolute Gasteiger partial charge is 0.488 e. The Morgan fingerprint density at radius 1 is 1.26 bits per heavy atom. The third-order valence-corrected chi connectivity index (χ3v) is 4.84. The van der Waals surface area contributed by atoms with Crippen LogP contribution in [-0.4, -0.2) is 19.8 Å². The van der Waals surface area contributed by atoms with Gasteiger partial charge in [0.25, 0.3) is 0 Å². The number of nitriles is 1. The van der Waals surface area contributed by atoms with Crippen molar-refractivity contribution >= 4 is 0 Å². The number of ether oxygens (including phenoxy) is 1. The van der Waals surface area contributed by atoms with Crippen LogP contribution in [0, 0.1) is 18.3 Å². The molecule has 7 nitrogen and oxygen atoms in total. The average molecular weight is 361 g/mol. The smallest absolute Gasteiger partial charge is 0.368 e. The lowest BCUT2D eigenvalue weighted by Gasteiger charge is -2.16. The van der Waals surface area contributed by atoms with Crippen molar-refractivity contribution in [3.8, 4) is 17.5 Å². The zero-order valence-corrected chi connectivity index (χ0v) is 15.2. The van der Waals surface area contributed by atoms with E-state index < -0.39 is 0 Å². The first kappa shape index (κ1) is 17.0. The number of rotatable bonds is 5. The standard InChI is InChI=1S/C20H19N5O2/c1-13-6-7-14(11-21)10-19(13)27-12-17-16(15-8-9-15)4-3-5-18(17)25-20(26)24(2)22-23-25/h3-7,10,15H,8-9,12H2,1-2H3. The summed E-state index contributed by atoms with van der Waals surface area (Å²) >= 11 is 0. The molecule has 0 radical (unpaired) electrons. The first-order chi connectivity index (χ1) is 13.1. The molecule has 0 spiro atoms. The summed E-state index contributed by atoms with van der Waals surface area (Å²) in [4.78, 5) is 12.4. The SMILES string of the molecule is Cc1ccc(C#N)cc1OCc1c(C2CC2)cccc1-n1nnn(C)c1=O. The van der Waals surface area contributed by atoms with Gasteiger partial charge in [-0.15, -0.1) is 0 Å². The Balaban J connectivity index is 1.74. The molecule has 0 saturated heterocycles. The molecule has 4 rings (SSSR count). The molecule has 0 N–H and O–H groups in total. The van der Waals surface area contributed by atoms with Crippen molar-refractivity contribution in [2.75, 3.05) is 0 Å². The number of aromatic nitrogens is 4. The van der Waals surface area contributed by atoms with Gasteiger partial charge >= 0.3 is 5.69 Å². The molecule has 1 aliphatic carbocycles. The molecule has 1 saturated carbocycles. The monoisotopic (exact) mass is 361 g/mol. The predicted octanol–water partition coefficient (Wildman–Crippen LogP) is 2.60. The summed E-state index contributed by atoms with van der Waals surface area (Å²) in [6, 6.07) is 13.4. The molecule has 0 bridgehead atoms. The lowest BCUT2D eigenvalue weighted by Crippen LogP contribution is -2.23. The van der Waals surface area contributed by atoms with Crippen molar-refractivity contribution in [3.63, 3.8) is 0 Å². The summed E-state index contributed by atoms with van der Waals surface area (Å²) in [5, 5.41) is 16.9. The summed E-state index contributed by atoms with van der Waals surface area (Å²) in [6.07, 6.45) is 2.27. The van der Waals surface area contributed by atoms with E-state index in [2.05, 4.69) is 22.6 Å². The van der Waals surface area contributed by atoms with E-state index >= 15 is 0 Å². The van der Waals surface area contributed by atoms with Crippen molar-refractivity contribution in [2.24, 2.45) is 7.05 Å². The number of aryl methyl sites for hydroxylation is 2. The van der Waals surface area contributed by atoms with Crippen molar-refractivity contribution < 1.29 is 4.74 Å². The summed E-state index contributed by atoms with van der Waals surface area (Å²) < 4.78 is 8.58. The van der Waals surface area contributed by atoms with E-state index in [9.17, 15) is 4.79 Å². The van der Waals surface area contributed by atoms with Gasteiger partial charge < -0.3 is 4.74 Å². The maximum absolute atomic E-state index is 12.4. The van der Waals surface area contributed by atoms with Crippen LogP contribution in [0.5, 0.6) is 5.75 Å². The number of hydrogen-bond acceptors (Lipinski definition) is 5. The van der Waals surface area contributed by atoms with Gasteiger partial charge in [-0.2, -0.15) is 14.6 Å². The maximum atomic E-state index is 12.4. The Morgan fingerprint density at radius 2 is 2.07 bits per heavy atom. The van der Waals surface area contributed by atoms with Crippen molar-refractivity contribution in [3.05, 3.63) is 69.1 Å². The molecule has 136 valence electrons. The molecular formula is C20H19N5O2.